The number of hydrogen-bond donors (Lipinski definition) is 0. The zero-order chi connectivity index (χ0) is 35.3. The zero-order valence-corrected chi connectivity index (χ0v) is 28.0. The molecule has 42 heavy (non-hydrogen) atoms. The van der Waals surface area contributed by atoms with Gasteiger partial charge in [-0.25, -0.2) is 0 Å². The van der Waals surface area contributed by atoms with E-state index in [1.807, 2.05) is 0 Å². The van der Waals surface area contributed by atoms with E-state index in [0.717, 1.165) is 64.2 Å². The topological polar surface area (TPSA) is 52.6 Å². The highest BCUT2D eigenvalue weighted by Crippen LogP contribution is 2.14. The first-order valence-electron chi connectivity index (χ1n) is 19.8. The average molecular weight is 616 g/mol. The maximum Gasteiger partial charge on any atom is 0.305 e. The summed E-state index contributed by atoms with van der Waals surface area (Å²) in [5.41, 5.74) is 0. The van der Waals surface area contributed by atoms with Crippen LogP contribution in [0, 0.1) is 0 Å². The van der Waals surface area contributed by atoms with E-state index >= 15 is 0 Å². The molecule has 0 bridgehead atoms. The van der Waals surface area contributed by atoms with E-state index in [2.05, 4.69) is 38.2 Å². The van der Waals surface area contributed by atoms with Gasteiger partial charge in [-0.3, -0.25) is 9.59 Å². The number of allylic oxidation sites excluding steroid dienone is 4. The van der Waals surface area contributed by atoms with Gasteiger partial charge in [0.25, 0.3) is 0 Å². The van der Waals surface area contributed by atoms with Crippen molar-refractivity contribution in [3.8, 4) is 0 Å². The van der Waals surface area contributed by atoms with Crippen LogP contribution in [0.1, 0.15) is 188 Å². The lowest BCUT2D eigenvalue weighted by Crippen LogP contribution is -2.21. The molecule has 0 spiro atoms. The molecule has 4 nitrogen and oxygen atoms in total. The fourth-order valence-electron chi connectivity index (χ4n) is 4.69. The van der Waals surface area contributed by atoms with Gasteiger partial charge in [0.2, 0.25) is 0 Å². The molecular formula is C37H67ClO4. The molecule has 0 aromatic heterocycles. The van der Waals surface area contributed by atoms with E-state index < -0.39 is 30.4 Å². The van der Waals surface area contributed by atoms with Crippen LogP contribution in [0.5, 0.6) is 0 Å². The van der Waals surface area contributed by atoms with Crippen LogP contribution in [0.15, 0.2) is 24.3 Å². The van der Waals surface area contributed by atoms with E-state index in [1.54, 1.807) is 0 Å². The van der Waals surface area contributed by atoms with Crippen LogP contribution in [0.2, 0.25) is 0 Å². The van der Waals surface area contributed by atoms with Crippen molar-refractivity contribution in [2.24, 2.45) is 0 Å². The van der Waals surface area contributed by atoms with Gasteiger partial charge in [-0.2, -0.15) is 0 Å². The number of carbonyl (C=O) groups is 2. The van der Waals surface area contributed by atoms with Crippen LogP contribution in [-0.2, 0) is 19.1 Å². The fourth-order valence-corrected chi connectivity index (χ4v) is 4.77. The van der Waals surface area contributed by atoms with Crippen molar-refractivity contribution >= 4 is 23.5 Å². The van der Waals surface area contributed by atoms with Crippen molar-refractivity contribution in [1.82, 2.24) is 0 Å². The van der Waals surface area contributed by atoms with Crippen LogP contribution in [-0.4, -0.2) is 30.4 Å². The van der Waals surface area contributed by atoms with Crippen molar-refractivity contribution in [3.63, 3.8) is 0 Å². The van der Waals surface area contributed by atoms with Crippen molar-refractivity contribution in [2.45, 2.75) is 186 Å². The van der Waals surface area contributed by atoms with Crippen molar-refractivity contribution < 1.29 is 25.9 Å². The minimum Gasteiger partial charge on any atom is -0.464 e. The predicted molar refractivity (Wildman–Crippen MR) is 181 cm³/mol. The molecule has 5 heteroatoms. The third kappa shape index (κ3) is 33.2. The lowest BCUT2D eigenvalue weighted by Gasteiger charge is -2.11. The molecule has 0 radical (unpaired) electrons. The number of ether oxygens (including phenoxy) is 2. The summed E-state index contributed by atoms with van der Waals surface area (Å²) >= 11 is 5.94. The number of hydrogen-bond acceptors (Lipinski definition) is 4. The van der Waals surface area contributed by atoms with Crippen LogP contribution in [0.3, 0.4) is 0 Å². The minimum absolute atomic E-state index is 0.0557. The Morgan fingerprint density at radius 1 is 0.571 bits per heavy atom. The summed E-state index contributed by atoms with van der Waals surface area (Å²) in [6.45, 7) is -2.00. The van der Waals surface area contributed by atoms with E-state index in [-0.39, 0.29) is 12.8 Å². The van der Waals surface area contributed by atoms with Crippen LogP contribution < -0.4 is 0 Å². The SMILES string of the molecule is [2H]C([2H])(OC(=O)CCCCCCC/C=C\C/C=C\CCCCC)[C@@]([2H])(Cl)C([2H])([2H])OC(=O)CCCCCCCCCCCCCCC. The van der Waals surface area contributed by atoms with Gasteiger partial charge in [0.05, 0.1) is 6.85 Å². The molecule has 1 atom stereocenters. The molecule has 0 aromatic carbocycles. The second-order valence-corrected chi connectivity index (χ2v) is 11.8. The first-order valence-corrected chi connectivity index (χ1v) is 17.7. The number of halogens is 1. The van der Waals surface area contributed by atoms with Gasteiger partial charge in [-0.15, -0.1) is 11.6 Å². The number of rotatable bonds is 32. The second-order valence-electron chi connectivity index (χ2n) is 11.4. The van der Waals surface area contributed by atoms with Gasteiger partial charge >= 0.3 is 11.9 Å². The summed E-state index contributed by atoms with van der Waals surface area (Å²) in [4.78, 5) is 24.6. The van der Waals surface area contributed by atoms with Crippen LogP contribution >= 0.6 is 11.6 Å². The molecule has 0 heterocycles. The summed E-state index contributed by atoms with van der Waals surface area (Å²) in [5, 5.41) is -3.18. The molecule has 0 amide bonds. The molecule has 0 aromatic rings. The van der Waals surface area contributed by atoms with Gasteiger partial charge in [0.15, 0.2) is 0 Å². The van der Waals surface area contributed by atoms with E-state index in [1.165, 1.54) is 77.0 Å². The first-order chi connectivity index (χ1) is 22.4. The van der Waals surface area contributed by atoms with Crippen LogP contribution in [0.25, 0.3) is 0 Å². The largest absolute Gasteiger partial charge is 0.464 e. The Labute approximate surface area is 272 Å². The average Bonchev–Trinajstić information content (AvgIpc) is 3.00. The first kappa shape index (κ1) is 32.1. The zero-order valence-electron chi connectivity index (χ0n) is 32.2. The molecule has 0 aliphatic heterocycles. The highest BCUT2D eigenvalue weighted by Gasteiger charge is 2.12. The van der Waals surface area contributed by atoms with Crippen molar-refractivity contribution in [3.05, 3.63) is 24.3 Å². The minimum atomic E-state index is -3.22. The normalized spacial score (nSPS) is 15.5. The lowest BCUT2D eigenvalue weighted by atomic mass is 10.0. The number of unbranched alkanes of at least 4 members (excludes halogenated alkanes) is 20. The maximum absolute atomic E-state index is 12.3. The third-order valence-corrected chi connectivity index (χ3v) is 7.48. The molecule has 0 saturated heterocycles. The number of esters is 2. The van der Waals surface area contributed by atoms with E-state index in [4.69, 9.17) is 27.9 Å². The maximum atomic E-state index is 12.3. The Balaban J connectivity index is 4.13. The van der Waals surface area contributed by atoms with Crippen molar-refractivity contribution in [2.75, 3.05) is 13.1 Å². The molecular weight excluding hydrogens is 544 g/mol. The molecule has 0 rings (SSSR count). The lowest BCUT2D eigenvalue weighted by molar-refractivity contribution is -0.146. The summed E-state index contributed by atoms with van der Waals surface area (Å²) in [6.07, 6.45) is 34.8. The summed E-state index contributed by atoms with van der Waals surface area (Å²) in [7, 11) is 0. The summed E-state index contributed by atoms with van der Waals surface area (Å²) in [6, 6.07) is 0. The molecule has 0 fully saturated rings. The van der Waals surface area contributed by atoms with E-state index in [9.17, 15) is 9.59 Å². The Bertz CT molecular complexity index is 849. The summed E-state index contributed by atoms with van der Waals surface area (Å²) < 4.78 is 49.8. The Morgan fingerprint density at radius 2 is 0.905 bits per heavy atom. The second kappa shape index (κ2) is 34.2. The molecule has 0 N–H and O–H groups in total. The molecule has 246 valence electrons. The molecule has 0 unspecified atom stereocenters. The van der Waals surface area contributed by atoms with E-state index in [0.29, 0.717) is 12.8 Å². The highest BCUT2D eigenvalue weighted by molar-refractivity contribution is 6.21. The predicted octanol–water partition coefficient (Wildman–Crippen LogP) is 12.0. The highest BCUT2D eigenvalue weighted by atomic mass is 35.5. The molecule has 0 aliphatic carbocycles. The van der Waals surface area contributed by atoms with Crippen molar-refractivity contribution in [1.29, 1.82) is 0 Å². The van der Waals surface area contributed by atoms with Gasteiger partial charge < -0.3 is 9.47 Å². The monoisotopic (exact) mass is 616 g/mol. The standard InChI is InChI=1S/C37H67ClO4/c1-3-5-7-9-11-13-15-17-18-20-22-24-26-28-30-32-37(40)42-34-35(38)33-41-36(39)31-29-27-25-23-21-19-16-14-12-10-8-6-4-2/h11,13,17-18,35H,3-10,12,14-16,19-34H2,1-2H3/b13-11-,18-17-/t35-/m0/s1/i33D2,34D2,35D. The smallest absolute Gasteiger partial charge is 0.305 e. The Kier molecular flexibility index (Phi) is 26.2. The fraction of sp³-hybridized carbons (Fsp3) is 0.838. The molecule has 0 aliphatic rings. The quantitative estimate of drug-likeness (QED) is 0.0327. The van der Waals surface area contributed by atoms with Crippen LogP contribution in [0.4, 0.5) is 0 Å². The Hall–Kier alpha value is -1.29. The van der Waals surface area contributed by atoms with Gasteiger partial charge in [0, 0.05) is 12.8 Å². The van der Waals surface area contributed by atoms with Gasteiger partial charge in [-0.1, -0.05) is 147 Å². The summed E-state index contributed by atoms with van der Waals surface area (Å²) in [5.74, 6) is -1.81. The third-order valence-electron chi connectivity index (χ3n) is 7.32. The van der Waals surface area contributed by atoms with Gasteiger partial charge in [0.1, 0.15) is 18.5 Å². The van der Waals surface area contributed by atoms with Gasteiger partial charge in [-0.05, 0) is 44.9 Å². The number of carbonyl (C=O) groups excluding carboxylic acids is 2. The molecule has 0 saturated carbocycles. The Morgan fingerprint density at radius 3 is 1.33 bits per heavy atom. The number of alkyl halides is 1.